The normalized spacial score (nSPS) is 32.9. The lowest BCUT2D eigenvalue weighted by molar-refractivity contribution is -0.597. The van der Waals surface area contributed by atoms with E-state index in [1.165, 1.54) is 0 Å². The molecule has 0 spiro atoms. The van der Waals surface area contributed by atoms with Gasteiger partial charge in [0.1, 0.15) is 6.10 Å². The Balaban J connectivity index is 2.39. The van der Waals surface area contributed by atoms with Gasteiger partial charge < -0.3 is 4.74 Å². The van der Waals surface area contributed by atoms with Crippen LogP contribution in [-0.4, -0.2) is 16.6 Å². The molecule has 1 saturated heterocycles. The molecule has 0 N–H and O–H groups in total. The van der Waals surface area contributed by atoms with Crippen LogP contribution in [0.2, 0.25) is 0 Å². The predicted octanol–water partition coefficient (Wildman–Crippen LogP) is 4.01. The van der Waals surface area contributed by atoms with Gasteiger partial charge >= 0.3 is 0 Å². The quantitative estimate of drug-likeness (QED) is 0.478. The van der Waals surface area contributed by atoms with Crippen LogP contribution in [0.15, 0.2) is 43.0 Å². The minimum absolute atomic E-state index is 0.0642. The van der Waals surface area contributed by atoms with Crippen LogP contribution in [-0.2, 0) is 4.74 Å². The lowest BCUT2D eigenvalue weighted by atomic mass is 9.71. The Morgan fingerprint density at radius 1 is 1.43 bits per heavy atom. The number of benzene rings is 1. The molecule has 0 aromatic heterocycles. The van der Waals surface area contributed by atoms with Crippen LogP contribution >= 0.6 is 0 Å². The summed E-state index contributed by atoms with van der Waals surface area (Å²) in [6.45, 7) is 9.45. The van der Waals surface area contributed by atoms with E-state index in [0.29, 0.717) is 6.42 Å². The minimum atomic E-state index is -1.12. The molecule has 1 fully saturated rings. The van der Waals surface area contributed by atoms with E-state index in [9.17, 15) is 10.1 Å². The molecule has 4 heteroatoms. The smallest absolute Gasteiger partial charge is 0.251 e. The fourth-order valence-electron chi connectivity index (χ4n) is 3.34. The van der Waals surface area contributed by atoms with Crippen LogP contribution in [0.1, 0.15) is 38.9 Å². The van der Waals surface area contributed by atoms with Crippen molar-refractivity contribution in [1.82, 2.24) is 0 Å². The molecule has 2 rings (SSSR count). The highest BCUT2D eigenvalue weighted by molar-refractivity contribution is 5.20. The van der Waals surface area contributed by atoms with Gasteiger partial charge in [-0.25, -0.2) is 0 Å². The van der Waals surface area contributed by atoms with Gasteiger partial charge in [0.05, 0.1) is 12.0 Å². The summed E-state index contributed by atoms with van der Waals surface area (Å²) in [5.74, 6) is -0.145. The molecular weight excluding hydrogens is 266 g/mol. The highest BCUT2D eigenvalue weighted by atomic mass is 16.6. The van der Waals surface area contributed by atoms with Gasteiger partial charge in [0.25, 0.3) is 5.54 Å². The third kappa shape index (κ3) is 2.72. The fraction of sp³-hybridized carbons (Fsp3) is 0.529. The van der Waals surface area contributed by atoms with E-state index >= 15 is 0 Å². The van der Waals surface area contributed by atoms with Crippen LogP contribution in [0.4, 0.5) is 0 Å². The zero-order valence-corrected chi connectivity index (χ0v) is 12.9. The molecular formula is C17H23NO3. The van der Waals surface area contributed by atoms with Crippen LogP contribution in [0.3, 0.4) is 0 Å². The largest absolute Gasteiger partial charge is 0.363 e. The van der Waals surface area contributed by atoms with E-state index in [4.69, 9.17) is 4.74 Å². The molecule has 0 aliphatic carbocycles. The lowest BCUT2D eigenvalue weighted by Crippen LogP contribution is -2.58. The zero-order chi connectivity index (χ0) is 15.6. The summed E-state index contributed by atoms with van der Waals surface area (Å²) >= 11 is 0. The maximum atomic E-state index is 11.7. The minimum Gasteiger partial charge on any atom is -0.363 e. The van der Waals surface area contributed by atoms with E-state index in [-0.39, 0.29) is 22.9 Å². The van der Waals surface area contributed by atoms with Crippen molar-refractivity contribution in [2.24, 2.45) is 11.8 Å². The highest BCUT2D eigenvalue weighted by Gasteiger charge is 2.57. The number of hydrogen-bond donors (Lipinski definition) is 0. The Kier molecular flexibility index (Phi) is 4.47. The van der Waals surface area contributed by atoms with Gasteiger partial charge in [-0.1, -0.05) is 50.3 Å². The molecule has 0 amide bonds. The van der Waals surface area contributed by atoms with Crippen molar-refractivity contribution in [2.45, 2.75) is 44.9 Å². The Labute approximate surface area is 126 Å². The molecule has 0 unspecified atom stereocenters. The Bertz CT molecular complexity index is 514. The first-order valence-electron chi connectivity index (χ1n) is 7.38. The van der Waals surface area contributed by atoms with E-state index in [1.807, 2.05) is 44.2 Å². The standard InChI is InChI=1S/C17H23NO3/c1-5-14-11-15(13-9-7-6-8-10-13)21-16(12(2)3)17(14,4)18(19)20/h5-10,12,14-16H,1,11H2,2-4H3/t14-,15-,16+,17-/m0/s1. The maximum absolute atomic E-state index is 11.7. The predicted molar refractivity (Wildman–Crippen MR) is 82.6 cm³/mol. The Morgan fingerprint density at radius 3 is 2.52 bits per heavy atom. The number of ether oxygens (including phenoxy) is 1. The summed E-state index contributed by atoms with van der Waals surface area (Å²) in [6, 6.07) is 9.91. The van der Waals surface area contributed by atoms with Crippen LogP contribution in [0.25, 0.3) is 0 Å². The molecule has 1 aliphatic heterocycles. The van der Waals surface area contributed by atoms with Crippen molar-refractivity contribution in [3.8, 4) is 0 Å². The zero-order valence-electron chi connectivity index (χ0n) is 12.9. The summed E-state index contributed by atoms with van der Waals surface area (Å²) in [7, 11) is 0. The molecule has 0 radical (unpaired) electrons. The van der Waals surface area contributed by atoms with Gasteiger partial charge in [0.15, 0.2) is 0 Å². The second-order valence-electron chi connectivity index (χ2n) is 6.26. The molecule has 1 aliphatic rings. The molecule has 1 heterocycles. The number of rotatable bonds is 4. The maximum Gasteiger partial charge on any atom is 0.251 e. The first kappa shape index (κ1) is 15.7. The van der Waals surface area contributed by atoms with Crippen LogP contribution < -0.4 is 0 Å². The first-order chi connectivity index (χ1) is 9.91. The average molecular weight is 289 g/mol. The molecule has 4 atom stereocenters. The molecule has 0 bridgehead atoms. The number of nitro groups is 1. The molecule has 4 nitrogen and oxygen atoms in total. The third-order valence-corrected chi connectivity index (χ3v) is 4.56. The summed E-state index contributed by atoms with van der Waals surface area (Å²) in [4.78, 5) is 11.5. The SMILES string of the molecule is C=C[C@H]1C[C@@H](c2ccccc2)O[C@H](C(C)C)[C@@]1(C)[N+](=O)[O-]. The number of nitrogens with zero attached hydrogens (tertiary/aromatic N) is 1. The molecule has 1 aromatic rings. The lowest BCUT2D eigenvalue weighted by Gasteiger charge is -2.44. The molecule has 21 heavy (non-hydrogen) atoms. The van der Waals surface area contributed by atoms with Gasteiger partial charge in [-0.05, 0) is 17.9 Å². The van der Waals surface area contributed by atoms with Gasteiger partial charge in [-0.15, -0.1) is 6.58 Å². The Hall–Kier alpha value is -1.68. The van der Waals surface area contributed by atoms with Crippen LogP contribution in [0, 0.1) is 22.0 Å². The van der Waals surface area contributed by atoms with Gasteiger partial charge in [-0.2, -0.15) is 0 Å². The third-order valence-electron chi connectivity index (χ3n) is 4.56. The monoisotopic (exact) mass is 289 g/mol. The molecule has 0 saturated carbocycles. The van der Waals surface area contributed by atoms with Gasteiger partial charge in [-0.3, -0.25) is 10.1 Å². The van der Waals surface area contributed by atoms with E-state index < -0.39 is 11.6 Å². The second kappa shape index (κ2) is 5.98. The van der Waals surface area contributed by atoms with Gasteiger partial charge in [0.2, 0.25) is 0 Å². The van der Waals surface area contributed by atoms with E-state index in [1.54, 1.807) is 13.0 Å². The molecule has 114 valence electrons. The first-order valence-corrected chi connectivity index (χ1v) is 7.38. The van der Waals surface area contributed by atoms with Crippen molar-refractivity contribution in [3.63, 3.8) is 0 Å². The van der Waals surface area contributed by atoms with Crippen molar-refractivity contribution in [2.75, 3.05) is 0 Å². The van der Waals surface area contributed by atoms with Crippen molar-refractivity contribution in [1.29, 1.82) is 0 Å². The summed E-state index contributed by atoms with van der Waals surface area (Å²) in [5, 5.41) is 11.7. The number of hydrogen-bond acceptors (Lipinski definition) is 3. The summed E-state index contributed by atoms with van der Waals surface area (Å²) < 4.78 is 6.15. The van der Waals surface area contributed by atoms with Gasteiger partial charge in [0, 0.05) is 11.8 Å². The average Bonchev–Trinajstić information content (AvgIpc) is 2.47. The second-order valence-corrected chi connectivity index (χ2v) is 6.26. The van der Waals surface area contributed by atoms with Crippen molar-refractivity contribution in [3.05, 3.63) is 58.7 Å². The van der Waals surface area contributed by atoms with Crippen molar-refractivity contribution >= 4 is 0 Å². The summed E-state index contributed by atoms with van der Waals surface area (Å²) in [5.41, 5.74) is -0.0540. The Morgan fingerprint density at radius 2 is 2.05 bits per heavy atom. The van der Waals surface area contributed by atoms with E-state index in [2.05, 4.69) is 6.58 Å². The topological polar surface area (TPSA) is 52.4 Å². The van der Waals surface area contributed by atoms with Crippen LogP contribution in [0.5, 0.6) is 0 Å². The fourth-order valence-corrected chi connectivity index (χ4v) is 3.34. The van der Waals surface area contributed by atoms with Crippen molar-refractivity contribution < 1.29 is 9.66 Å². The molecule has 1 aromatic carbocycles. The van der Waals surface area contributed by atoms with E-state index in [0.717, 1.165) is 5.56 Å². The summed E-state index contributed by atoms with van der Waals surface area (Å²) in [6.07, 6.45) is 1.76. The highest BCUT2D eigenvalue weighted by Crippen LogP contribution is 2.45.